The van der Waals surface area contributed by atoms with Crippen molar-refractivity contribution in [3.63, 3.8) is 0 Å². The molecule has 0 spiro atoms. The van der Waals surface area contributed by atoms with Crippen LogP contribution >= 0.6 is 0 Å². The van der Waals surface area contributed by atoms with Crippen LogP contribution in [0.4, 0.5) is 0 Å². The third-order valence-corrected chi connectivity index (χ3v) is 4.06. The first kappa shape index (κ1) is 14.9. The average molecular weight is 237 g/mol. The van der Waals surface area contributed by atoms with Gasteiger partial charge in [-0.1, -0.05) is 6.92 Å². The van der Waals surface area contributed by atoms with Crippen molar-refractivity contribution in [1.29, 1.82) is 0 Å². The molecule has 0 saturated carbocycles. The molecule has 15 heavy (non-hydrogen) atoms. The van der Waals surface area contributed by atoms with Crippen LogP contribution in [0.15, 0.2) is 0 Å². The molecule has 0 unspecified atom stereocenters. The highest BCUT2D eigenvalue weighted by atomic mass is 32.2. The molecule has 0 bridgehead atoms. The molecule has 0 atom stereocenters. The van der Waals surface area contributed by atoms with Crippen LogP contribution in [0.2, 0.25) is 0 Å². The van der Waals surface area contributed by atoms with E-state index in [1.807, 2.05) is 20.8 Å². The monoisotopic (exact) mass is 237 g/mol. The molecular weight excluding hydrogens is 214 g/mol. The maximum Gasteiger partial charge on any atom is 0.151 e. The summed E-state index contributed by atoms with van der Waals surface area (Å²) in [7, 11) is -1.21. The van der Waals surface area contributed by atoms with Crippen molar-refractivity contribution in [1.82, 2.24) is 5.32 Å². The van der Waals surface area contributed by atoms with Crippen LogP contribution in [0, 0.1) is 0 Å². The lowest BCUT2D eigenvalue weighted by Crippen LogP contribution is -2.38. The van der Waals surface area contributed by atoms with Crippen LogP contribution in [0.5, 0.6) is 0 Å². The molecule has 1 N–H and O–H groups in total. The van der Waals surface area contributed by atoms with Crippen molar-refractivity contribution in [2.24, 2.45) is 0 Å². The van der Waals surface area contributed by atoms with E-state index in [2.05, 4.69) is 5.32 Å². The molecule has 0 aromatic rings. The zero-order valence-electron chi connectivity index (χ0n) is 10.2. The highest BCUT2D eigenvalue weighted by molar-refractivity contribution is 7.91. The summed E-state index contributed by atoms with van der Waals surface area (Å²) in [6.45, 7) is 6.94. The Kier molecular flexibility index (Phi) is 6.40. The summed E-state index contributed by atoms with van der Waals surface area (Å²) in [6.07, 6.45) is 0.686. The lowest BCUT2D eigenvalue weighted by molar-refractivity contribution is 0.0238. The number of sulfone groups is 1. The second-order valence-corrected chi connectivity index (χ2v) is 6.60. The van der Waals surface area contributed by atoms with Gasteiger partial charge in [0.05, 0.1) is 11.4 Å². The molecule has 0 aliphatic rings. The third-order valence-electron chi connectivity index (χ3n) is 2.21. The Morgan fingerprint density at radius 3 is 2.33 bits per heavy atom. The van der Waals surface area contributed by atoms with E-state index in [4.69, 9.17) is 4.74 Å². The van der Waals surface area contributed by atoms with E-state index < -0.39 is 9.84 Å². The second-order valence-electron chi connectivity index (χ2n) is 4.29. The van der Waals surface area contributed by atoms with Gasteiger partial charge >= 0.3 is 0 Å². The van der Waals surface area contributed by atoms with Crippen molar-refractivity contribution in [2.45, 2.75) is 32.8 Å². The Balaban J connectivity index is 3.72. The Morgan fingerprint density at radius 2 is 1.87 bits per heavy atom. The highest BCUT2D eigenvalue weighted by Gasteiger charge is 2.16. The Hall–Kier alpha value is -0.130. The van der Waals surface area contributed by atoms with Crippen molar-refractivity contribution >= 4 is 9.84 Å². The van der Waals surface area contributed by atoms with Crippen LogP contribution in [0.1, 0.15) is 27.2 Å². The standard InChI is InChI=1S/C10H23NO3S/c1-5-7-15(12,13)8-6-11-9-10(2,3)14-4/h11H,5-9H2,1-4H3. The molecule has 92 valence electrons. The second kappa shape index (κ2) is 6.45. The smallest absolute Gasteiger partial charge is 0.151 e. The molecule has 0 fully saturated rings. The summed E-state index contributed by atoms with van der Waals surface area (Å²) in [5.41, 5.74) is -0.242. The van der Waals surface area contributed by atoms with E-state index in [1.54, 1.807) is 7.11 Å². The van der Waals surface area contributed by atoms with Gasteiger partial charge in [0.15, 0.2) is 9.84 Å². The lowest BCUT2D eigenvalue weighted by atomic mass is 10.1. The van der Waals surface area contributed by atoms with Crippen LogP contribution in [-0.4, -0.2) is 45.7 Å². The van der Waals surface area contributed by atoms with Gasteiger partial charge in [0.1, 0.15) is 0 Å². The summed E-state index contributed by atoms with van der Waals surface area (Å²) >= 11 is 0. The summed E-state index contributed by atoms with van der Waals surface area (Å²) < 4.78 is 27.9. The molecule has 0 saturated heterocycles. The highest BCUT2D eigenvalue weighted by Crippen LogP contribution is 2.04. The zero-order valence-corrected chi connectivity index (χ0v) is 11.0. The fourth-order valence-electron chi connectivity index (χ4n) is 1.10. The molecular formula is C10H23NO3S. The van der Waals surface area contributed by atoms with Gasteiger partial charge in [0.25, 0.3) is 0 Å². The molecule has 5 heteroatoms. The van der Waals surface area contributed by atoms with Gasteiger partial charge in [0.2, 0.25) is 0 Å². The zero-order chi connectivity index (χ0) is 11.9. The minimum absolute atomic E-state index is 0.209. The van der Waals surface area contributed by atoms with Crippen LogP contribution in [0.3, 0.4) is 0 Å². The molecule has 0 heterocycles. The molecule has 0 aliphatic heterocycles. The topological polar surface area (TPSA) is 55.4 Å². The van der Waals surface area contributed by atoms with Gasteiger partial charge in [0, 0.05) is 26.0 Å². The summed E-state index contributed by atoms with van der Waals surface area (Å²) in [5, 5.41) is 3.09. The van der Waals surface area contributed by atoms with E-state index in [-0.39, 0.29) is 17.1 Å². The van der Waals surface area contributed by atoms with Crippen molar-refractivity contribution in [3.8, 4) is 0 Å². The van der Waals surface area contributed by atoms with Gasteiger partial charge in [-0.05, 0) is 20.3 Å². The Labute approximate surface area is 93.3 Å². The maximum absolute atomic E-state index is 11.4. The summed E-state index contributed by atoms with van der Waals surface area (Å²) in [4.78, 5) is 0. The van der Waals surface area contributed by atoms with E-state index in [1.165, 1.54) is 0 Å². The van der Waals surface area contributed by atoms with Crippen LogP contribution < -0.4 is 5.32 Å². The van der Waals surface area contributed by atoms with E-state index in [9.17, 15) is 8.42 Å². The van der Waals surface area contributed by atoms with Gasteiger partial charge < -0.3 is 10.1 Å². The van der Waals surface area contributed by atoms with Crippen molar-refractivity contribution in [3.05, 3.63) is 0 Å². The van der Waals surface area contributed by atoms with Crippen molar-refractivity contribution in [2.75, 3.05) is 31.7 Å². The number of hydrogen-bond donors (Lipinski definition) is 1. The van der Waals surface area contributed by atoms with Gasteiger partial charge in [-0.3, -0.25) is 0 Å². The minimum Gasteiger partial charge on any atom is -0.377 e. The first-order chi connectivity index (χ1) is 6.83. The Morgan fingerprint density at radius 1 is 1.27 bits per heavy atom. The van der Waals surface area contributed by atoms with E-state index in [0.717, 1.165) is 0 Å². The molecule has 0 radical (unpaired) electrons. The summed E-state index contributed by atoms with van der Waals surface area (Å²) in [6, 6.07) is 0. The van der Waals surface area contributed by atoms with E-state index >= 15 is 0 Å². The quantitative estimate of drug-likeness (QED) is 0.635. The number of ether oxygens (including phenoxy) is 1. The van der Waals surface area contributed by atoms with Crippen LogP contribution in [0.25, 0.3) is 0 Å². The number of hydrogen-bond acceptors (Lipinski definition) is 4. The molecule has 0 aromatic carbocycles. The van der Waals surface area contributed by atoms with Crippen LogP contribution in [-0.2, 0) is 14.6 Å². The first-order valence-electron chi connectivity index (χ1n) is 5.29. The lowest BCUT2D eigenvalue weighted by Gasteiger charge is -2.23. The van der Waals surface area contributed by atoms with Gasteiger partial charge in [-0.2, -0.15) is 0 Å². The fourth-order valence-corrected chi connectivity index (χ4v) is 2.38. The predicted molar refractivity (Wildman–Crippen MR) is 62.9 cm³/mol. The maximum atomic E-state index is 11.4. The number of methoxy groups -OCH3 is 1. The Bertz CT molecular complexity index is 260. The normalized spacial score (nSPS) is 13.1. The van der Waals surface area contributed by atoms with Gasteiger partial charge in [-0.15, -0.1) is 0 Å². The van der Waals surface area contributed by atoms with Crippen molar-refractivity contribution < 1.29 is 13.2 Å². The predicted octanol–water partition coefficient (Wildman–Crippen LogP) is 0.826. The first-order valence-corrected chi connectivity index (χ1v) is 7.11. The SMILES string of the molecule is CCCS(=O)(=O)CCNCC(C)(C)OC. The molecule has 0 rings (SSSR count). The third kappa shape index (κ3) is 7.76. The average Bonchev–Trinajstić information content (AvgIpc) is 2.13. The number of nitrogens with one attached hydrogen (secondary N) is 1. The fraction of sp³-hybridized carbons (Fsp3) is 1.00. The van der Waals surface area contributed by atoms with Gasteiger partial charge in [-0.25, -0.2) is 8.42 Å². The molecule has 0 aromatic heterocycles. The number of rotatable bonds is 8. The molecule has 4 nitrogen and oxygen atoms in total. The largest absolute Gasteiger partial charge is 0.377 e. The van der Waals surface area contributed by atoms with E-state index in [0.29, 0.717) is 19.5 Å². The summed E-state index contributed by atoms with van der Waals surface area (Å²) in [5.74, 6) is 0.489. The molecule has 0 aliphatic carbocycles. The minimum atomic E-state index is -2.86. The molecule has 0 amide bonds.